The first-order valence-electron chi connectivity index (χ1n) is 7.10. The maximum Gasteiger partial charge on any atom is 0.338 e. The molecule has 0 aliphatic heterocycles. The summed E-state index contributed by atoms with van der Waals surface area (Å²) in [6.45, 7) is 3.02. The van der Waals surface area contributed by atoms with E-state index in [1.807, 2.05) is 19.1 Å². The standard InChI is InChI=1S/C18H17NO4/c1-12-3-5-14(6-4-12)17(21)11-23-18(22)15-7-9-16(10-8-15)19-13(2)20/h3-10H,11H2,1-2H3,(H,19,20). The van der Waals surface area contributed by atoms with Gasteiger partial charge in [0, 0.05) is 18.2 Å². The van der Waals surface area contributed by atoms with Gasteiger partial charge in [-0.05, 0) is 31.2 Å². The van der Waals surface area contributed by atoms with Crippen LogP contribution in [-0.4, -0.2) is 24.3 Å². The Morgan fingerprint density at radius 2 is 1.48 bits per heavy atom. The number of carbonyl (C=O) groups excluding carboxylic acids is 3. The van der Waals surface area contributed by atoms with Crippen LogP contribution in [0.2, 0.25) is 0 Å². The Morgan fingerprint density at radius 3 is 2.04 bits per heavy atom. The van der Waals surface area contributed by atoms with Crippen molar-refractivity contribution in [3.8, 4) is 0 Å². The molecular formula is C18H17NO4. The summed E-state index contributed by atoms with van der Waals surface area (Å²) in [6, 6.07) is 13.3. The highest BCUT2D eigenvalue weighted by Crippen LogP contribution is 2.11. The van der Waals surface area contributed by atoms with Gasteiger partial charge >= 0.3 is 5.97 Å². The van der Waals surface area contributed by atoms with E-state index in [9.17, 15) is 14.4 Å². The number of amides is 1. The third-order valence-corrected chi connectivity index (χ3v) is 3.15. The average Bonchev–Trinajstić information content (AvgIpc) is 2.53. The summed E-state index contributed by atoms with van der Waals surface area (Å²) in [5.74, 6) is -1.03. The van der Waals surface area contributed by atoms with Gasteiger partial charge in [0.2, 0.25) is 5.91 Å². The zero-order chi connectivity index (χ0) is 16.8. The van der Waals surface area contributed by atoms with E-state index >= 15 is 0 Å². The Bertz CT molecular complexity index is 718. The number of aryl methyl sites for hydroxylation is 1. The van der Waals surface area contributed by atoms with E-state index in [0.29, 0.717) is 16.8 Å². The summed E-state index contributed by atoms with van der Waals surface area (Å²) >= 11 is 0. The second kappa shape index (κ2) is 7.35. The van der Waals surface area contributed by atoms with Crippen molar-refractivity contribution in [1.29, 1.82) is 0 Å². The molecule has 2 aromatic rings. The minimum atomic E-state index is -0.583. The largest absolute Gasteiger partial charge is 0.454 e. The van der Waals surface area contributed by atoms with Gasteiger partial charge < -0.3 is 10.1 Å². The Hall–Kier alpha value is -2.95. The van der Waals surface area contributed by atoms with Crippen molar-refractivity contribution in [2.75, 3.05) is 11.9 Å². The third kappa shape index (κ3) is 4.78. The fraction of sp³-hybridized carbons (Fsp3) is 0.167. The van der Waals surface area contributed by atoms with E-state index < -0.39 is 5.97 Å². The number of anilines is 1. The number of ether oxygens (including phenoxy) is 1. The van der Waals surface area contributed by atoms with E-state index in [-0.39, 0.29) is 18.3 Å². The smallest absolute Gasteiger partial charge is 0.338 e. The molecule has 0 unspecified atom stereocenters. The Morgan fingerprint density at radius 1 is 0.913 bits per heavy atom. The maximum absolute atomic E-state index is 11.9. The lowest BCUT2D eigenvalue weighted by Crippen LogP contribution is -2.14. The zero-order valence-corrected chi connectivity index (χ0v) is 13.0. The first-order valence-corrected chi connectivity index (χ1v) is 7.10. The van der Waals surface area contributed by atoms with Gasteiger partial charge in [0.1, 0.15) is 0 Å². The number of ketones is 1. The van der Waals surface area contributed by atoms with Crippen molar-refractivity contribution in [2.24, 2.45) is 0 Å². The number of hydrogen-bond donors (Lipinski definition) is 1. The van der Waals surface area contributed by atoms with E-state index in [1.165, 1.54) is 19.1 Å². The Labute approximate surface area is 134 Å². The number of benzene rings is 2. The van der Waals surface area contributed by atoms with Crippen LogP contribution in [0.3, 0.4) is 0 Å². The second-order valence-electron chi connectivity index (χ2n) is 5.12. The molecule has 0 radical (unpaired) electrons. The molecule has 0 fully saturated rings. The van der Waals surface area contributed by atoms with Crippen LogP contribution in [0.1, 0.15) is 33.2 Å². The van der Waals surface area contributed by atoms with Crippen molar-refractivity contribution in [2.45, 2.75) is 13.8 Å². The number of hydrogen-bond acceptors (Lipinski definition) is 4. The molecule has 0 aliphatic carbocycles. The van der Waals surface area contributed by atoms with E-state index in [2.05, 4.69) is 5.32 Å². The summed E-state index contributed by atoms with van der Waals surface area (Å²) < 4.78 is 5.02. The van der Waals surface area contributed by atoms with Gasteiger partial charge in [-0.2, -0.15) is 0 Å². The van der Waals surface area contributed by atoms with E-state index in [1.54, 1.807) is 24.3 Å². The van der Waals surface area contributed by atoms with Crippen molar-refractivity contribution >= 4 is 23.3 Å². The van der Waals surface area contributed by atoms with E-state index in [4.69, 9.17) is 4.74 Å². The lowest BCUT2D eigenvalue weighted by atomic mass is 10.1. The quantitative estimate of drug-likeness (QED) is 0.680. The molecule has 0 saturated heterocycles. The summed E-state index contributed by atoms with van der Waals surface area (Å²) in [5, 5.41) is 2.60. The fourth-order valence-corrected chi connectivity index (χ4v) is 1.93. The lowest BCUT2D eigenvalue weighted by Gasteiger charge is -2.06. The number of carbonyl (C=O) groups is 3. The lowest BCUT2D eigenvalue weighted by molar-refractivity contribution is -0.114. The second-order valence-corrected chi connectivity index (χ2v) is 5.12. The van der Waals surface area contributed by atoms with Crippen molar-refractivity contribution in [1.82, 2.24) is 0 Å². The van der Waals surface area contributed by atoms with Crippen molar-refractivity contribution in [3.63, 3.8) is 0 Å². The van der Waals surface area contributed by atoms with Gasteiger partial charge in [-0.25, -0.2) is 4.79 Å². The van der Waals surface area contributed by atoms with E-state index in [0.717, 1.165) is 5.56 Å². The highest BCUT2D eigenvalue weighted by atomic mass is 16.5. The molecule has 0 spiro atoms. The van der Waals surface area contributed by atoms with Crippen LogP contribution in [0.4, 0.5) is 5.69 Å². The van der Waals surface area contributed by atoms with Crippen LogP contribution < -0.4 is 5.32 Å². The molecule has 0 aliphatic rings. The molecule has 0 atom stereocenters. The van der Waals surface area contributed by atoms with Crippen molar-refractivity contribution < 1.29 is 19.1 Å². The minimum Gasteiger partial charge on any atom is -0.454 e. The predicted molar refractivity (Wildman–Crippen MR) is 86.5 cm³/mol. The molecule has 1 amide bonds. The van der Waals surface area contributed by atoms with Gasteiger partial charge in [0.15, 0.2) is 12.4 Å². The summed E-state index contributed by atoms with van der Waals surface area (Å²) in [7, 11) is 0. The fourth-order valence-electron chi connectivity index (χ4n) is 1.93. The molecule has 0 heterocycles. The maximum atomic E-state index is 11.9. The first-order chi connectivity index (χ1) is 11.0. The summed E-state index contributed by atoms with van der Waals surface area (Å²) in [5.41, 5.74) is 2.46. The minimum absolute atomic E-state index is 0.191. The van der Waals surface area contributed by atoms with Gasteiger partial charge in [0.05, 0.1) is 5.56 Å². The highest BCUT2D eigenvalue weighted by molar-refractivity contribution is 5.99. The topological polar surface area (TPSA) is 72.5 Å². The average molecular weight is 311 g/mol. The molecule has 118 valence electrons. The van der Waals surface area contributed by atoms with Gasteiger partial charge in [0.25, 0.3) is 0 Å². The van der Waals surface area contributed by atoms with Gasteiger partial charge in [-0.3, -0.25) is 9.59 Å². The molecule has 0 aromatic heterocycles. The van der Waals surface area contributed by atoms with Crippen LogP contribution in [-0.2, 0) is 9.53 Å². The predicted octanol–water partition coefficient (Wildman–Crippen LogP) is 2.99. The first kappa shape index (κ1) is 16.4. The Kier molecular flexibility index (Phi) is 5.25. The number of nitrogens with one attached hydrogen (secondary N) is 1. The van der Waals surface area contributed by atoms with Crippen LogP contribution in [0.15, 0.2) is 48.5 Å². The molecule has 5 heteroatoms. The number of esters is 1. The third-order valence-electron chi connectivity index (χ3n) is 3.15. The SMILES string of the molecule is CC(=O)Nc1ccc(C(=O)OCC(=O)c2ccc(C)cc2)cc1. The molecule has 2 aromatic carbocycles. The number of rotatable bonds is 5. The van der Waals surface area contributed by atoms with Gasteiger partial charge in [-0.1, -0.05) is 29.8 Å². The molecule has 2 rings (SSSR count). The monoisotopic (exact) mass is 311 g/mol. The molecule has 23 heavy (non-hydrogen) atoms. The van der Waals surface area contributed by atoms with Gasteiger partial charge in [-0.15, -0.1) is 0 Å². The molecule has 1 N–H and O–H groups in total. The summed E-state index contributed by atoms with van der Waals surface area (Å²) in [4.78, 5) is 34.8. The summed E-state index contributed by atoms with van der Waals surface area (Å²) in [6.07, 6.45) is 0. The number of Topliss-reactive ketones (excluding diaryl/α,β-unsaturated/α-hetero) is 1. The molecule has 5 nitrogen and oxygen atoms in total. The molecule has 0 bridgehead atoms. The Balaban J connectivity index is 1.92. The van der Waals surface area contributed by atoms with Crippen molar-refractivity contribution in [3.05, 3.63) is 65.2 Å². The molecular weight excluding hydrogens is 294 g/mol. The zero-order valence-electron chi connectivity index (χ0n) is 13.0. The highest BCUT2D eigenvalue weighted by Gasteiger charge is 2.11. The van der Waals surface area contributed by atoms with Crippen LogP contribution >= 0.6 is 0 Å². The molecule has 0 saturated carbocycles. The van der Waals surface area contributed by atoms with Crippen LogP contribution in [0, 0.1) is 6.92 Å². The van der Waals surface area contributed by atoms with Crippen LogP contribution in [0.5, 0.6) is 0 Å². The normalized spacial score (nSPS) is 10.0. The van der Waals surface area contributed by atoms with Crippen LogP contribution in [0.25, 0.3) is 0 Å².